The summed E-state index contributed by atoms with van der Waals surface area (Å²) in [6.07, 6.45) is 2.32. The lowest BCUT2D eigenvalue weighted by atomic mass is 10.0. The van der Waals surface area contributed by atoms with Crippen molar-refractivity contribution in [3.8, 4) is 0 Å². The summed E-state index contributed by atoms with van der Waals surface area (Å²) in [7, 11) is -1.84. The Hall–Kier alpha value is -1.21. The fourth-order valence-corrected chi connectivity index (χ4v) is 3.26. The highest BCUT2D eigenvalue weighted by atomic mass is 31.1. The molecule has 1 atom stereocenters. The third-order valence-corrected chi connectivity index (χ3v) is 4.62. The first-order chi connectivity index (χ1) is 7.96. The molecule has 0 aliphatic rings. The Labute approximate surface area is 102 Å². The van der Waals surface area contributed by atoms with Gasteiger partial charge in [-0.15, -0.1) is 0 Å². The van der Waals surface area contributed by atoms with E-state index >= 15 is 0 Å². The van der Waals surface area contributed by atoms with E-state index in [0.29, 0.717) is 11.6 Å². The van der Waals surface area contributed by atoms with Gasteiger partial charge in [0.2, 0.25) is 0 Å². The van der Waals surface area contributed by atoms with Gasteiger partial charge in [-0.1, -0.05) is 32.9 Å². The molecule has 0 aliphatic heterocycles. The Morgan fingerprint density at radius 2 is 1.82 bits per heavy atom. The van der Waals surface area contributed by atoms with Gasteiger partial charge in [0.25, 0.3) is 0 Å². The summed E-state index contributed by atoms with van der Waals surface area (Å²) in [6.45, 7) is 6.26. The van der Waals surface area contributed by atoms with Crippen LogP contribution in [0.15, 0.2) is 30.5 Å². The maximum absolute atomic E-state index is 12.2. The molecule has 0 N–H and O–H groups in total. The summed E-state index contributed by atoms with van der Waals surface area (Å²) in [5, 5.41) is 0. The van der Waals surface area contributed by atoms with Crippen molar-refractivity contribution in [1.82, 2.24) is 9.97 Å². The zero-order chi connectivity index (χ0) is 12.5. The normalized spacial score (nSPS) is 13.8. The molecule has 0 radical (unpaired) electrons. The molecule has 1 aromatic carbocycles. The number of aromatic nitrogens is 2. The van der Waals surface area contributed by atoms with E-state index in [0.717, 1.165) is 11.0 Å². The lowest BCUT2D eigenvalue weighted by molar-refractivity contribution is 0.468. The van der Waals surface area contributed by atoms with Gasteiger partial charge < -0.3 is 4.57 Å². The molecule has 4 heteroatoms. The average molecular weight is 248 g/mol. The topological polar surface area (TPSA) is 42.9 Å². The minimum atomic E-state index is -1.84. The van der Waals surface area contributed by atoms with Gasteiger partial charge in [0, 0.05) is 6.16 Å². The van der Waals surface area contributed by atoms with Crippen molar-refractivity contribution < 1.29 is 4.57 Å². The zero-order valence-electron chi connectivity index (χ0n) is 10.4. The smallest absolute Gasteiger partial charge is 0.123 e. The lowest BCUT2D eigenvalue weighted by Crippen LogP contribution is -2.14. The fraction of sp³-hybridized carbons (Fsp3) is 0.385. The molecule has 0 bridgehead atoms. The van der Waals surface area contributed by atoms with Crippen LogP contribution in [0.3, 0.4) is 0 Å². The van der Waals surface area contributed by atoms with Crippen LogP contribution in [0.1, 0.15) is 20.8 Å². The number of para-hydroxylation sites is 2. The van der Waals surface area contributed by atoms with Gasteiger partial charge in [-0.3, -0.25) is 4.98 Å². The first kappa shape index (κ1) is 12.3. The van der Waals surface area contributed by atoms with E-state index in [1.807, 2.05) is 24.3 Å². The van der Waals surface area contributed by atoms with Crippen LogP contribution in [0.2, 0.25) is 0 Å². The summed E-state index contributed by atoms with van der Waals surface area (Å²) < 4.78 is 12.2. The number of benzene rings is 1. The maximum Gasteiger partial charge on any atom is 0.123 e. The number of nitrogens with zero attached hydrogens (tertiary/aromatic N) is 2. The van der Waals surface area contributed by atoms with Crippen LogP contribution in [0, 0.1) is 5.41 Å². The molecule has 17 heavy (non-hydrogen) atoms. The Morgan fingerprint density at radius 3 is 2.47 bits per heavy atom. The summed E-state index contributed by atoms with van der Waals surface area (Å²) in [5.41, 5.74) is 2.37. The first-order valence-corrected chi connectivity index (χ1v) is 7.32. The molecule has 0 spiro atoms. The van der Waals surface area contributed by atoms with Crippen molar-refractivity contribution in [2.24, 2.45) is 5.41 Å². The Bertz CT molecular complexity index is 561. The van der Waals surface area contributed by atoms with Gasteiger partial charge >= 0.3 is 0 Å². The molecule has 0 saturated heterocycles. The highest BCUT2D eigenvalue weighted by molar-refractivity contribution is 7.53. The molecule has 3 nitrogen and oxygen atoms in total. The average Bonchev–Trinajstić information content (AvgIpc) is 2.26. The van der Waals surface area contributed by atoms with Crippen LogP contribution in [0.4, 0.5) is 0 Å². The second-order valence-electron chi connectivity index (χ2n) is 5.40. The third-order valence-electron chi connectivity index (χ3n) is 2.43. The van der Waals surface area contributed by atoms with E-state index in [9.17, 15) is 4.57 Å². The van der Waals surface area contributed by atoms with E-state index in [1.165, 1.54) is 0 Å². The van der Waals surface area contributed by atoms with Crippen molar-refractivity contribution in [2.45, 2.75) is 20.8 Å². The zero-order valence-corrected chi connectivity index (χ0v) is 11.4. The fourth-order valence-electron chi connectivity index (χ4n) is 1.66. The number of hydrogen-bond acceptors (Lipinski definition) is 3. The Morgan fingerprint density at radius 1 is 1.18 bits per heavy atom. The third kappa shape index (κ3) is 3.13. The molecule has 1 heterocycles. The molecule has 90 valence electrons. The van der Waals surface area contributed by atoms with Gasteiger partial charge in [-0.25, -0.2) is 4.98 Å². The van der Waals surface area contributed by atoms with E-state index in [2.05, 4.69) is 30.7 Å². The molecule has 1 unspecified atom stereocenters. The van der Waals surface area contributed by atoms with Gasteiger partial charge in [0.1, 0.15) is 13.2 Å². The quantitative estimate of drug-likeness (QED) is 0.767. The molecule has 0 saturated carbocycles. The number of hydrogen-bond donors (Lipinski definition) is 0. The summed E-state index contributed by atoms with van der Waals surface area (Å²) >= 11 is 0. The van der Waals surface area contributed by atoms with Crippen LogP contribution in [-0.4, -0.2) is 16.1 Å². The van der Waals surface area contributed by atoms with Gasteiger partial charge in [0.15, 0.2) is 0 Å². The molecule has 2 rings (SSSR count). The predicted octanol–water partition coefficient (Wildman–Crippen LogP) is 2.86. The highest BCUT2D eigenvalue weighted by Crippen LogP contribution is 2.29. The lowest BCUT2D eigenvalue weighted by Gasteiger charge is -2.17. The molecule has 2 aromatic rings. The second kappa shape index (κ2) is 4.58. The SMILES string of the molecule is CC(C)(C)C[PH](=O)c1cnc2ccccc2n1. The standard InChI is InChI=1S/C13H17N2OP/c1-13(2,3)9-17(16)12-8-14-10-6-4-5-7-11(10)15-12/h4-8,17H,9H2,1-3H3. The molecule has 0 fully saturated rings. The maximum atomic E-state index is 12.2. The van der Waals surface area contributed by atoms with E-state index in [1.54, 1.807) is 6.20 Å². The molecular formula is C13H17N2OP. The first-order valence-electron chi connectivity index (χ1n) is 5.71. The van der Waals surface area contributed by atoms with Crippen LogP contribution >= 0.6 is 7.80 Å². The highest BCUT2D eigenvalue weighted by Gasteiger charge is 2.17. The van der Waals surface area contributed by atoms with Crippen molar-refractivity contribution in [3.63, 3.8) is 0 Å². The van der Waals surface area contributed by atoms with Crippen LogP contribution in [0.5, 0.6) is 0 Å². The largest absolute Gasteiger partial charge is 0.320 e. The van der Waals surface area contributed by atoms with Crippen molar-refractivity contribution >= 4 is 24.3 Å². The van der Waals surface area contributed by atoms with Crippen LogP contribution in [0.25, 0.3) is 11.0 Å². The molecule has 1 aromatic heterocycles. The van der Waals surface area contributed by atoms with Gasteiger partial charge in [-0.05, 0) is 17.5 Å². The van der Waals surface area contributed by atoms with E-state index in [4.69, 9.17) is 0 Å². The summed E-state index contributed by atoms with van der Waals surface area (Å²) in [5.74, 6) is 0. The van der Waals surface area contributed by atoms with Crippen molar-refractivity contribution in [3.05, 3.63) is 30.5 Å². The Balaban J connectivity index is 2.33. The monoisotopic (exact) mass is 248 g/mol. The van der Waals surface area contributed by atoms with Crippen LogP contribution < -0.4 is 5.44 Å². The molecule has 0 aliphatic carbocycles. The van der Waals surface area contributed by atoms with Crippen molar-refractivity contribution in [1.29, 1.82) is 0 Å². The second-order valence-corrected chi connectivity index (χ2v) is 7.12. The van der Waals surface area contributed by atoms with Crippen molar-refractivity contribution in [2.75, 3.05) is 6.16 Å². The van der Waals surface area contributed by atoms with E-state index in [-0.39, 0.29) is 5.41 Å². The van der Waals surface area contributed by atoms with Crippen LogP contribution in [-0.2, 0) is 4.57 Å². The predicted molar refractivity (Wildman–Crippen MR) is 72.5 cm³/mol. The summed E-state index contributed by atoms with van der Waals surface area (Å²) in [4.78, 5) is 8.72. The summed E-state index contributed by atoms with van der Waals surface area (Å²) in [6, 6.07) is 7.65. The number of rotatable bonds is 2. The number of fused-ring (bicyclic) bond motifs is 1. The minimum absolute atomic E-state index is 0.0589. The minimum Gasteiger partial charge on any atom is -0.320 e. The molecular weight excluding hydrogens is 231 g/mol. The van der Waals surface area contributed by atoms with E-state index < -0.39 is 7.80 Å². The molecule has 0 amide bonds. The van der Waals surface area contributed by atoms with Gasteiger partial charge in [-0.2, -0.15) is 0 Å². The van der Waals surface area contributed by atoms with Gasteiger partial charge in [0.05, 0.1) is 17.2 Å². The Kier molecular flexibility index (Phi) is 3.30.